The van der Waals surface area contributed by atoms with Crippen molar-refractivity contribution in [3.63, 3.8) is 0 Å². The van der Waals surface area contributed by atoms with Gasteiger partial charge in [-0.05, 0) is 87.2 Å². The van der Waals surface area contributed by atoms with Gasteiger partial charge in [0, 0.05) is 31.7 Å². The molecule has 1 saturated heterocycles. The average Bonchev–Trinajstić information content (AvgIpc) is 2.79. The highest BCUT2D eigenvalue weighted by atomic mass is 16.5. The fraction of sp³-hybridized carbons (Fsp3) is 0.536. The van der Waals surface area contributed by atoms with Crippen LogP contribution in [0, 0.1) is 19.3 Å². The smallest absolute Gasteiger partial charge is 0.254 e. The van der Waals surface area contributed by atoms with Gasteiger partial charge in [-0.15, -0.1) is 0 Å². The van der Waals surface area contributed by atoms with Crippen LogP contribution in [0.2, 0.25) is 0 Å². The maximum Gasteiger partial charge on any atom is 0.254 e. The van der Waals surface area contributed by atoms with Crippen molar-refractivity contribution in [1.29, 1.82) is 0 Å². The molecule has 4 nitrogen and oxygen atoms in total. The zero-order chi connectivity index (χ0) is 22.6. The summed E-state index contributed by atoms with van der Waals surface area (Å²) in [5.41, 5.74) is 4.80. The van der Waals surface area contributed by atoms with Crippen molar-refractivity contribution in [3.05, 3.63) is 64.7 Å². The molecule has 0 radical (unpaired) electrons. The molecule has 0 aliphatic carbocycles. The molecule has 1 spiro atoms. The monoisotopic (exact) mass is 434 g/mol. The zero-order valence-corrected chi connectivity index (χ0v) is 20.0. The number of hydrogen-bond acceptors (Lipinski definition) is 3. The van der Waals surface area contributed by atoms with Crippen molar-refractivity contribution in [2.24, 2.45) is 5.41 Å². The molecular weight excluding hydrogens is 396 g/mol. The predicted octanol–water partition coefficient (Wildman–Crippen LogP) is 5.26. The SMILES string of the molecule is Cc1cccc(C(=O)N2CCC3(CCCCc4ccccc4OCCN(C)C3)CC2)c1C. The Labute approximate surface area is 193 Å². The van der Waals surface area contributed by atoms with Crippen LogP contribution in [0.25, 0.3) is 0 Å². The Bertz CT molecular complexity index is 931. The molecule has 32 heavy (non-hydrogen) atoms. The van der Waals surface area contributed by atoms with Crippen molar-refractivity contribution in [1.82, 2.24) is 9.80 Å². The summed E-state index contributed by atoms with van der Waals surface area (Å²) < 4.78 is 6.13. The van der Waals surface area contributed by atoms with Crippen LogP contribution in [0.4, 0.5) is 0 Å². The first-order chi connectivity index (χ1) is 15.5. The fourth-order valence-electron chi connectivity index (χ4n) is 5.45. The van der Waals surface area contributed by atoms with Crippen LogP contribution in [-0.4, -0.2) is 55.5 Å². The van der Waals surface area contributed by atoms with Crippen LogP contribution in [-0.2, 0) is 6.42 Å². The third-order valence-corrected chi connectivity index (χ3v) is 7.66. The number of piperidine rings is 1. The number of amides is 1. The van der Waals surface area contributed by atoms with Crippen molar-refractivity contribution in [3.8, 4) is 5.75 Å². The molecule has 2 heterocycles. The van der Waals surface area contributed by atoms with Gasteiger partial charge in [0.05, 0.1) is 0 Å². The summed E-state index contributed by atoms with van der Waals surface area (Å²) in [5, 5.41) is 0. The number of aryl methyl sites for hydroxylation is 2. The van der Waals surface area contributed by atoms with E-state index in [4.69, 9.17) is 4.74 Å². The summed E-state index contributed by atoms with van der Waals surface area (Å²) in [6.07, 6.45) is 6.92. The van der Waals surface area contributed by atoms with Gasteiger partial charge in [0.2, 0.25) is 0 Å². The number of carbonyl (C=O) groups excluding carboxylic acids is 1. The minimum absolute atomic E-state index is 0.201. The number of carbonyl (C=O) groups is 1. The number of nitrogens with zero attached hydrogens (tertiary/aromatic N) is 2. The summed E-state index contributed by atoms with van der Waals surface area (Å²) in [6, 6.07) is 14.6. The quantitative estimate of drug-likeness (QED) is 0.613. The first kappa shape index (κ1) is 22.8. The Hall–Kier alpha value is -2.33. The second-order valence-corrected chi connectivity index (χ2v) is 9.94. The molecule has 0 N–H and O–H groups in total. The van der Waals surface area contributed by atoms with Gasteiger partial charge < -0.3 is 14.5 Å². The normalized spacial score (nSPS) is 20.0. The first-order valence-electron chi connectivity index (χ1n) is 12.2. The van der Waals surface area contributed by atoms with Gasteiger partial charge in [0.15, 0.2) is 0 Å². The van der Waals surface area contributed by atoms with E-state index in [2.05, 4.69) is 61.0 Å². The lowest BCUT2D eigenvalue weighted by Gasteiger charge is -2.44. The number of hydrogen-bond donors (Lipinski definition) is 0. The van der Waals surface area contributed by atoms with E-state index in [0.29, 0.717) is 5.41 Å². The molecule has 0 unspecified atom stereocenters. The third-order valence-electron chi connectivity index (χ3n) is 7.66. The molecule has 2 aromatic rings. The first-order valence-corrected chi connectivity index (χ1v) is 12.2. The number of rotatable bonds is 1. The summed E-state index contributed by atoms with van der Waals surface area (Å²) in [6.45, 7) is 8.61. The van der Waals surface area contributed by atoms with E-state index >= 15 is 0 Å². The summed E-state index contributed by atoms with van der Waals surface area (Å²) in [4.78, 5) is 17.8. The van der Waals surface area contributed by atoms with Crippen LogP contribution in [0.15, 0.2) is 42.5 Å². The highest BCUT2D eigenvalue weighted by Gasteiger charge is 2.37. The number of ether oxygens (including phenoxy) is 1. The van der Waals surface area contributed by atoms with Gasteiger partial charge in [-0.3, -0.25) is 4.79 Å². The second kappa shape index (κ2) is 10.1. The molecule has 172 valence electrons. The highest BCUT2D eigenvalue weighted by molar-refractivity contribution is 5.96. The molecule has 4 heteroatoms. The molecule has 0 atom stereocenters. The highest BCUT2D eigenvalue weighted by Crippen LogP contribution is 2.38. The maximum atomic E-state index is 13.2. The lowest BCUT2D eigenvalue weighted by Crippen LogP contribution is -2.48. The molecule has 0 aromatic heterocycles. The summed E-state index contributed by atoms with van der Waals surface area (Å²) in [7, 11) is 2.22. The van der Waals surface area contributed by atoms with E-state index in [1.165, 1.54) is 30.4 Å². The number of para-hydroxylation sites is 1. The van der Waals surface area contributed by atoms with E-state index in [-0.39, 0.29) is 5.91 Å². The average molecular weight is 435 g/mol. The number of likely N-dealkylation sites (N-methyl/N-ethyl adjacent to an activating group) is 1. The predicted molar refractivity (Wildman–Crippen MR) is 130 cm³/mol. The number of likely N-dealkylation sites (tertiary alicyclic amines) is 1. The molecule has 1 amide bonds. The van der Waals surface area contributed by atoms with Crippen molar-refractivity contribution in [2.45, 2.75) is 52.4 Å². The van der Waals surface area contributed by atoms with E-state index in [1.54, 1.807) is 0 Å². The molecular formula is C28H38N2O2. The summed E-state index contributed by atoms with van der Waals surface area (Å²) in [5.74, 6) is 1.25. The standard InChI is InChI=1S/C28H38N2O2/c1-22-9-8-12-25(23(22)2)27(31)30-17-15-28(16-18-30)14-7-6-11-24-10-4-5-13-26(24)32-20-19-29(3)21-28/h4-5,8-10,12-13H,6-7,11,14-21H2,1-3H3. The summed E-state index contributed by atoms with van der Waals surface area (Å²) >= 11 is 0. The number of fused-ring (bicyclic) bond motifs is 1. The van der Waals surface area contributed by atoms with Gasteiger partial charge in [0.1, 0.15) is 12.4 Å². The van der Waals surface area contributed by atoms with Crippen LogP contribution >= 0.6 is 0 Å². The minimum atomic E-state index is 0.201. The van der Waals surface area contributed by atoms with Gasteiger partial charge in [-0.2, -0.15) is 0 Å². The van der Waals surface area contributed by atoms with Gasteiger partial charge in [0.25, 0.3) is 5.91 Å². The lowest BCUT2D eigenvalue weighted by atomic mass is 9.73. The molecule has 1 fully saturated rings. The largest absolute Gasteiger partial charge is 0.492 e. The fourth-order valence-corrected chi connectivity index (χ4v) is 5.45. The lowest BCUT2D eigenvalue weighted by molar-refractivity contribution is 0.0424. The third kappa shape index (κ3) is 5.17. The van der Waals surface area contributed by atoms with Crippen molar-refractivity contribution < 1.29 is 9.53 Å². The number of benzene rings is 2. The van der Waals surface area contributed by atoms with Gasteiger partial charge >= 0.3 is 0 Å². The molecule has 2 aromatic carbocycles. The maximum absolute atomic E-state index is 13.2. The minimum Gasteiger partial charge on any atom is -0.492 e. The van der Waals surface area contributed by atoms with Gasteiger partial charge in [-0.1, -0.05) is 36.8 Å². The van der Waals surface area contributed by atoms with E-state index < -0.39 is 0 Å². The van der Waals surface area contributed by atoms with Crippen molar-refractivity contribution >= 4 is 5.91 Å². The zero-order valence-electron chi connectivity index (χ0n) is 20.0. The van der Waals surface area contributed by atoms with Gasteiger partial charge in [-0.25, -0.2) is 0 Å². The van der Waals surface area contributed by atoms with Crippen molar-refractivity contribution in [2.75, 3.05) is 39.8 Å². The molecule has 2 aliphatic heterocycles. The molecule has 2 aliphatic rings. The Morgan fingerprint density at radius 3 is 2.53 bits per heavy atom. The van der Waals surface area contributed by atoms with Crippen LogP contribution < -0.4 is 4.74 Å². The van der Waals surface area contributed by atoms with E-state index in [0.717, 1.165) is 68.9 Å². The Morgan fingerprint density at radius 1 is 0.938 bits per heavy atom. The Kier molecular flexibility index (Phi) is 7.20. The second-order valence-electron chi connectivity index (χ2n) is 9.94. The Balaban J connectivity index is 1.42. The molecule has 0 saturated carbocycles. The van der Waals surface area contributed by atoms with E-state index in [9.17, 15) is 4.79 Å². The van der Waals surface area contributed by atoms with Crippen LogP contribution in [0.1, 0.15) is 59.2 Å². The molecule has 4 rings (SSSR count). The van der Waals surface area contributed by atoms with Crippen LogP contribution in [0.3, 0.4) is 0 Å². The Morgan fingerprint density at radius 2 is 1.72 bits per heavy atom. The van der Waals surface area contributed by atoms with Crippen LogP contribution in [0.5, 0.6) is 5.75 Å². The van der Waals surface area contributed by atoms with E-state index in [1.807, 2.05) is 12.1 Å². The topological polar surface area (TPSA) is 32.8 Å². The molecule has 0 bridgehead atoms.